The lowest BCUT2D eigenvalue weighted by Crippen LogP contribution is -2.25. The Balaban J connectivity index is 1.67. The number of fused-ring (bicyclic) bond motifs is 2. The smallest absolute Gasteiger partial charge is 0.123 e. The van der Waals surface area contributed by atoms with Crippen LogP contribution in [-0.2, 0) is 13.1 Å². The lowest BCUT2D eigenvalue weighted by molar-refractivity contribution is 0.220. The van der Waals surface area contributed by atoms with Crippen molar-refractivity contribution in [1.82, 2.24) is 9.88 Å². The summed E-state index contributed by atoms with van der Waals surface area (Å²) in [5.74, 6) is 0.983. The van der Waals surface area contributed by atoms with E-state index < -0.39 is 0 Å². The van der Waals surface area contributed by atoms with Crippen LogP contribution in [0.3, 0.4) is 0 Å². The van der Waals surface area contributed by atoms with Crippen molar-refractivity contribution in [3.8, 4) is 5.75 Å². The summed E-state index contributed by atoms with van der Waals surface area (Å²) in [6.45, 7) is 3.18. The number of pyridine rings is 1. The summed E-state index contributed by atoms with van der Waals surface area (Å²) in [7, 11) is 0. The van der Waals surface area contributed by atoms with Crippen LogP contribution < -0.4 is 4.74 Å². The molecular formula is C19H17ClN2O. The monoisotopic (exact) mass is 324 g/mol. The fourth-order valence-electron chi connectivity index (χ4n) is 3.07. The number of benzene rings is 2. The number of ether oxygens (including phenoxy) is 1. The number of nitrogens with zero attached hydrogens (tertiary/aromatic N) is 2. The quantitative estimate of drug-likeness (QED) is 0.703. The second-order valence-electron chi connectivity index (χ2n) is 5.77. The maximum atomic E-state index is 6.47. The van der Waals surface area contributed by atoms with Crippen molar-refractivity contribution in [2.24, 2.45) is 0 Å². The minimum Gasteiger partial charge on any atom is -0.492 e. The second kappa shape index (κ2) is 6.19. The van der Waals surface area contributed by atoms with Gasteiger partial charge in [-0.1, -0.05) is 41.9 Å². The second-order valence-corrected chi connectivity index (χ2v) is 6.18. The van der Waals surface area contributed by atoms with Crippen molar-refractivity contribution in [1.29, 1.82) is 0 Å². The van der Waals surface area contributed by atoms with Gasteiger partial charge in [0.1, 0.15) is 12.4 Å². The fourth-order valence-corrected chi connectivity index (χ4v) is 3.28. The molecule has 0 fully saturated rings. The molecule has 1 aliphatic rings. The summed E-state index contributed by atoms with van der Waals surface area (Å²) in [4.78, 5) is 6.90. The minimum absolute atomic E-state index is 0.687. The van der Waals surface area contributed by atoms with Gasteiger partial charge >= 0.3 is 0 Å². The maximum Gasteiger partial charge on any atom is 0.123 e. The van der Waals surface area contributed by atoms with Crippen molar-refractivity contribution in [3.63, 3.8) is 0 Å². The van der Waals surface area contributed by atoms with E-state index in [-0.39, 0.29) is 0 Å². The van der Waals surface area contributed by atoms with Crippen LogP contribution in [0.4, 0.5) is 0 Å². The lowest BCUT2D eigenvalue weighted by Gasteiger charge is -2.20. The molecular weight excluding hydrogens is 308 g/mol. The Labute approximate surface area is 140 Å². The summed E-state index contributed by atoms with van der Waals surface area (Å²) in [6, 6.07) is 16.2. The van der Waals surface area contributed by atoms with E-state index in [1.54, 1.807) is 0 Å². The predicted octanol–water partition coefficient (Wildman–Crippen LogP) is 4.28. The Morgan fingerprint density at radius 1 is 1.09 bits per heavy atom. The Kier molecular flexibility index (Phi) is 3.90. The highest BCUT2D eigenvalue weighted by atomic mass is 35.5. The van der Waals surface area contributed by atoms with Gasteiger partial charge in [-0.2, -0.15) is 0 Å². The van der Waals surface area contributed by atoms with Crippen LogP contribution in [0.1, 0.15) is 11.1 Å². The summed E-state index contributed by atoms with van der Waals surface area (Å²) < 4.78 is 5.84. The van der Waals surface area contributed by atoms with E-state index >= 15 is 0 Å². The highest BCUT2D eigenvalue weighted by Crippen LogP contribution is 2.28. The lowest BCUT2D eigenvalue weighted by atomic mass is 10.1. The molecule has 0 N–H and O–H groups in total. The van der Waals surface area contributed by atoms with Gasteiger partial charge in [0.25, 0.3) is 0 Å². The van der Waals surface area contributed by atoms with E-state index in [9.17, 15) is 0 Å². The molecule has 3 nitrogen and oxygen atoms in total. The molecule has 1 aliphatic heterocycles. The molecule has 0 radical (unpaired) electrons. The van der Waals surface area contributed by atoms with Crippen LogP contribution in [0, 0.1) is 0 Å². The largest absolute Gasteiger partial charge is 0.492 e. The topological polar surface area (TPSA) is 25.4 Å². The van der Waals surface area contributed by atoms with Gasteiger partial charge < -0.3 is 4.74 Å². The Morgan fingerprint density at radius 2 is 2.00 bits per heavy atom. The van der Waals surface area contributed by atoms with Crippen LogP contribution >= 0.6 is 11.6 Å². The maximum absolute atomic E-state index is 6.47. The van der Waals surface area contributed by atoms with E-state index in [2.05, 4.69) is 28.1 Å². The molecule has 0 saturated carbocycles. The highest BCUT2D eigenvalue weighted by Gasteiger charge is 2.17. The number of halogens is 1. The van der Waals surface area contributed by atoms with E-state index in [4.69, 9.17) is 16.3 Å². The Hall–Kier alpha value is -2.10. The zero-order valence-electron chi connectivity index (χ0n) is 12.7. The number of aromatic nitrogens is 1. The molecule has 4 heteroatoms. The SMILES string of the molecule is Clc1ccc2cccnc2c1CN1CCOc2ccccc2C1. The van der Waals surface area contributed by atoms with Crippen molar-refractivity contribution in [2.75, 3.05) is 13.2 Å². The Bertz CT molecular complexity index is 850. The van der Waals surface area contributed by atoms with Gasteiger partial charge in [0.2, 0.25) is 0 Å². The van der Waals surface area contributed by atoms with Gasteiger partial charge in [0.05, 0.1) is 5.52 Å². The number of para-hydroxylation sites is 1. The molecule has 0 atom stereocenters. The van der Waals surface area contributed by atoms with Gasteiger partial charge in [0, 0.05) is 47.4 Å². The van der Waals surface area contributed by atoms with Crippen molar-refractivity contribution in [3.05, 3.63) is 70.9 Å². The molecule has 0 amide bonds. The molecule has 2 aromatic carbocycles. The van der Waals surface area contributed by atoms with Gasteiger partial charge in [-0.05, 0) is 18.2 Å². The van der Waals surface area contributed by atoms with Crippen LogP contribution in [0.25, 0.3) is 10.9 Å². The first-order valence-corrected chi connectivity index (χ1v) is 8.14. The van der Waals surface area contributed by atoms with Crippen LogP contribution in [0.15, 0.2) is 54.7 Å². The first-order chi connectivity index (χ1) is 11.3. The summed E-state index contributed by atoms with van der Waals surface area (Å²) in [5.41, 5.74) is 3.29. The fraction of sp³-hybridized carbons (Fsp3) is 0.211. The molecule has 23 heavy (non-hydrogen) atoms. The van der Waals surface area contributed by atoms with Crippen molar-refractivity contribution < 1.29 is 4.74 Å². The number of rotatable bonds is 2. The van der Waals surface area contributed by atoms with E-state index in [0.29, 0.717) is 6.61 Å². The molecule has 0 bridgehead atoms. The zero-order valence-corrected chi connectivity index (χ0v) is 13.5. The normalized spacial score (nSPS) is 15.0. The molecule has 4 rings (SSSR count). The van der Waals surface area contributed by atoms with Crippen LogP contribution in [-0.4, -0.2) is 23.0 Å². The van der Waals surface area contributed by atoms with Crippen molar-refractivity contribution >= 4 is 22.5 Å². The predicted molar refractivity (Wildman–Crippen MR) is 92.8 cm³/mol. The summed E-state index contributed by atoms with van der Waals surface area (Å²) in [6.07, 6.45) is 1.82. The molecule has 0 unspecified atom stereocenters. The van der Waals surface area contributed by atoms with Crippen molar-refractivity contribution in [2.45, 2.75) is 13.1 Å². The molecule has 0 aliphatic carbocycles. The summed E-state index contributed by atoms with van der Waals surface area (Å²) in [5, 5.41) is 1.90. The molecule has 0 saturated heterocycles. The standard InChI is InChI=1S/C19H17ClN2O/c20-17-8-7-14-5-3-9-21-19(14)16(17)13-22-10-11-23-18-6-2-1-4-15(18)12-22/h1-9H,10-13H2. The Morgan fingerprint density at radius 3 is 2.96 bits per heavy atom. The van der Waals surface area contributed by atoms with Crippen LogP contribution in [0.2, 0.25) is 5.02 Å². The van der Waals surface area contributed by atoms with Gasteiger partial charge in [-0.25, -0.2) is 0 Å². The molecule has 0 spiro atoms. The van der Waals surface area contributed by atoms with Crippen LogP contribution in [0.5, 0.6) is 5.75 Å². The van der Waals surface area contributed by atoms with E-state index in [1.165, 1.54) is 5.56 Å². The van der Waals surface area contributed by atoms with Gasteiger partial charge in [-0.3, -0.25) is 9.88 Å². The third kappa shape index (κ3) is 2.90. The molecule has 2 heterocycles. The number of hydrogen-bond donors (Lipinski definition) is 0. The molecule has 116 valence electrons. The van der Waals surface area contributed by atoms with E-state index in [0.717, 1.165) is 46.9 Å². The van der Waals surface area contributed by atoms with Gasteiger partial charge in [-0.15, -0.1) is 0 Å². The average molecular weight is 325 g/mol. The third-order valence-electron chi connectivity index (χ3n) is 4.24. The first kappa shape index (κ1) is 14.5. The average Bonchev–Trinajstić information content (AvgIpc) is 2.79. The third-order valence-corrected chi connectivity index (χ3v) is 4.59. The first-order valence-electron chi connectivity index (χ1n) is 7.76. The molecule has 3 aromatic rings. The minimum atomic E-state index is 0.687. The number of hydrogen-bond acceptors (Lipinski definition) is 3. The summed E-state index contributed by atoms with van der Waals surface area (Å²) >= 11 is 6.47. The molecule has 1 aromatic heterocycles. The zero-order chi connectivity index (χ0) is 15.6. The van der Waals surface area contributed by atoms with E-state index in [1.807, 2.05) is 36.5 Å². The van der Waals surface area contributed by atoms with Gasteiger partial charge in [0.15, 0.2) is 0 Å². The highest BCUT2D eigenvalue weighted by molar-refractivity contribution is 6.32.